The van der Waals surface area contributed by atoms with Crippen molar-refractivity contribution >= 4 is 27.7 Å². The summed E-state index contributed by atoms with van der Waals surface area (Å²) in [5.41, 5.74) is 0.401. The number of nitrogens with one attached hydrogen (secondary N) is 2. The molecular formula is C17H23N3O5S. The number of aliphatic imine (C=N–C) groups is 1. The van der Waals surface area contributed by atoms with Crippen molar-refractivity contribution in [2.75, 3.05) is 13.2 Å². The molecule has 0 saturated heterocycles. The fourth-order valence-corrected chi connectivity index (χ4v) is 3.52. The van der Waals surface area contributed by atoms with Crippen LogP contribution in [0.5, 0.6) is 0 Å². The van der Waals surface area contributed by atoms with Crippen molar-refractivity contribution in [2.24, 2.45) is 10.9 Å². The summed E-state index contributed by atoms with van der Waals surface area (Å²) in [4.78, 5) is 27.8. The Hall–Kier alpha value is -2.42. The molecule has 0 aliphatic carbocycles. The van der Waals surface area contributed by atoms with Gasteiger partial charge < -0.3 is 10.1 Å². The number of ether oxygens (including phenoxy) is 1. The second-order valence-corrected chi connectivity index (χ2v) is 8.05. The lowest BCUT2D eigenvalue weighted by Crippen LogP contribution is -2.32. The minimum Gasteiger partial charge on any atom is -0.454 e. The molecule has 1 atom stereocenters. The van der Waals surface area contributed by atoms with Crippen LogP contribution < -0.4 is 10.0 Å². The van der Waals surface area contributed by atoms with Gasteiger partial charge in [-0.05, 0) is 31.4 Å². The van der Waals surface area contributed by atoms with E-state index < -0.39 is 28.6 Å². The van der Waals surface area contributed by atoms with Crippen LogP contribution in [0.3, 0.4) is 0 Å². The number of amides is 1. The molecule has 142 valence electrons. The zero-order valence-corrected chi connectivity index (χ0v) is 15.8. The van der Waals surface area contributed by atoms with Gasteiger partial charge in [-0.1, -0.05) is 26.0 Å². The van der Waals surface area contributed by atoms with E-state index in [9.17, 15) is 18.0 Å². The number of carbonyl (C=O) groups excluding carboxylic acids is 2. The van der Waals surface area contributed by atoms with Gasteiger partial charge in [-0.2, -0.15) is 0 Å². The Morgan fingerprint density at radius 3 is 2.62 bits per heavy atom. The van der Waals surface area contributed by atoms with Gasteiger partial charge in [0.1, 0.15) is 11.9 Å². The Labute approximate surface area is 153 Å². The molecule has 0 bridgehead atoms. The highest BCUT2D eigenvalue weighted by Gasteiger charge is 2.31. The molecule has 0 saturated carbocycles. The van der Waals surface area contributed by atoms with E-state index in [1.54, 1.807) is 18.2 Å². The number of benzene rings is 1. The molecule has 2 N–H and O–H groups in total. The maximum Gasteiger partial charge on any atom is 0.331 e. The molecular weight excluding hydrogens is 358 g/mol. The topological polar surface area (TPSA) is 114 Å². The van der Waals surface area contributed by atoms with Gasteiger partial charge in [-0.3, -0.25) is 14.5 Å². The van der Waals surface area contributed by atoms with Gasteiger partial charge >= 0.3 is 5.97 Å². The highest BCUT2D eigenvalue weighted by Crippen LogP contribution is 2.22. The second-order valence-electron chi connectivity index (χ2n) is 6.40. The van der Waals surface area contributed by atoms with Crippen molar-refractivity contribution < 1.29 is 22.7 Å². The van der Waals surface area contributed by atoms with Crippen molar-refractivity contribution in [1.29, 1.82) is 0 Å². The molecule has 2 rings (SSSR count). The van der Waals surface area contributed by atoms with Crippen LogP contribution in [0.4, 0.5) is 0 Å². The van der Waals surface area contributed by atoms with Crippen LogP contribution in [0.25, 0.3) is 0 Å². The van der Waals surface area contributed by atoms with Gasteiger partial charge in [-0.15, -0.1) is 0 Å². The summed E-state index contributed by atoms with van der Waals surface area (Å²) in [5, 5.41) is 2.66. The van der Waals surface area contributed by atoms with E-state index in [0.29, 0.717) is 18.0 Å². The van der Waals surface area contributed by atoms with Gasteiger partial charge in [0, 0.05) is 12.1 Å². The SMILES string of the molecule is CC(C)CCNC(=O)COC(=O)[C@@H](C)N=C1NS(=O)(=O)c2ccccc21. The van der Waals surface area contributed by atoms with Gasteiger partial charge in [0.2, 0.25) is 0 Å². The fraction of sp³-hybridized carbons (Fsp3) is 0.471. The van der Waals surface area contributed by atoms with Crippen LogP contribution >= 0.6 is 0 Å². The average Bonchev–Trinajstić information content (AvgIpc) is 2.83. The third kappa shape index (κ3) is 5.04. The van der Waals surface area contributed by atoms with E-state index in [2.05, 4.69) is 15.0 Å². The monoisotopic (exact) mass is 381 g/mol. The molecule has 1 aliphatic rings. The van der Waals surface area contributed by atoms with Crippen LogP contribution in [0.2, 0.25) is 0 Å². The molecule has 0 aromatic heterocycles. The predicted octanol–water partition coefficient (Wildman–Crippen LogP) is 0.819. The standard InChI is InChI=1S/C17H23N3O5S/c1-11(2)8-9-18-15(21)10-25-17(22)12(3)19-16-13-6-4-5-7-14(13)26(23,24)20-16/h4-7,11-12H,8-10H2,1-3H3,(H,18,21)(H,19,20)/t12-/m1/s1. The molecule has 26 heavy (non-hydrogen) atoms. The number of esters is 1. The molecule has 0 fully saturated rings. The quantitative estimate of drug-likeness (QED) is 0.679. The fourth-order valence-electron chi connectivity index (χ4n) is 2.28. The third-order valence-corrected chi connectivity index (χ3v) is 5.11. The molecule has 8 nitrogen and oxygen atoms in total. The van der Waals surface area contributed by atoms with Crippen LogP contribution in [0, 0.1) is 5.92 Å². The second kappa shape index (κ2) is 8.31. The first-order chi connectivity index (χ1) is 12.2. The highest BCUT2D eigenvalue weighted by molar-refractivity contribution is 7.90. The number of fused-ring (bicyclic) bond motifs is 1. The lowest BCUT2D eigenvalue weighted by atomic mass is 10.1. The minimum absolute atomic E-state index is 0.0893. The third-order valence-electron chi connectivity index (χ3n) is 3.72. The summed E-state index contributed by atoms with van der Waals surface area (Å²) in [7, 11) is -3.67. The lowest BCUT2D eigenvalue weighted by molar-refractivity contribution is -0.149. The van der Waals surface area contributed by atoms with Crippen LogP contribution in [-0.4, -0.2) is 45.3 Å². The number of sulfonamides is 1. The largest absolute Gasteiger partial charge is 0.454 e. The van der Waals surface area contributed by atoms with Crippen LogP contribution in [0.1, 0.15) is 32.8 Å². The molecule has 0 spiro atoms. The van der Waals surface area contributed by atoms with E-state index in [0.717, 1.165) is 6.42 Å². The van der Waals surface area contributed by atoms with Crippen molar-refractivity contribution in [3.8, 4) is 0 Å². The van der Waals surface area contributed by atoms with Crippen molar-refractivity contribution in [1.82, 2.24) is 10.0 Å². The predicted molar refractivity (Wildman–Crippen MR) is 96.2 cm³/mol. The Morgan fingerprint density at radius 1 is 1.23 bits per heavy atom. The number of hydrogen-bond acceptors (Lipinski definition) is 6. The average molecular weight is 381 g/mol. The normalized spacial score (nSPS) is 17.5. The zero-order chi connectivity index (χ0) is 19.3. The molecule has 1 aromatic rings. The first-order valence-corrected chi connectivity index (χ1v) is 9.82. The number of nitrogens with zero attached hydrogens (tertiary/aromatic N) is 1. The first-order valence-electron chi connectivity index (χ1n) is 8.34. The molecule has 1 aliphatic heterocycles. The highest BCUT2D eigenvalue weighted by atomic mass is 32.2. The van der Waals surface area contributed by atoms with E-state index in [1.165, 1.54) is 13.0 Å². The number of rotatable bonds is 7. The van der Waals surface area contributed by atoms with E-state index in [4.69, 9.17) is 4.74 Å². The summed E-state index contributed by atoms with van der Waals surface area (Å²) in [6.07, 6.45) is 0.837. The Bertz CT molecular complexity index is 817. The van der Waals surface area contributed by atoms with Crippen LogP contribution in [-0.2, 0) is 24.3 Å². The lowest BCUT2D eigenvalue weighted by Gasteiger charge is -2.10. The Balaban J connectivity index is 1.93. The molecule has 1 heterocycles. The number of amidine groups is 1. The van der Waals surface area contributed by atoms with Gasteiger partial charge in [0.25, 0.3) is 15.9 Å². The van der Waals surface area contributed by atoms with E-state index in [-0.39, 0.29) is 16.6 Å². The van der Waals surface area contributed by atoms with Gasteiger partial charge in [0.05, 0.1) is 4.90 Å². The van der Waals surface area contributed by atoms with Crippen LogP contribution in [0.15, 0.2) is 34.2 Å². The maximum atomic E-state index is 12.0. The molecule has 9 heteroatoms. The number of carbonyl (C=O) groups is 2. The van der Waals surface area contributed by atoms with Gasteiger partial charge in [-0.25, -0.2) is 13.2 Å². The summed E-state index contributed by atoms with van der Waals surface area (Å²) in [6.45, 7) is 5.69. The van der Waals surface area contributed by atoms with E-state index >= 15 is 0 Å². The number of hydrogen-bond donors (Lipinski definition) is 2. The first kappa shape index (κ1) is 19.9. The summed E-state index contributed by atoms with van der Waals surface area (Å²) < 4.78 is 31.3. The minimum atomic E-state index is -3.67. The maximum absolute atomic E-state index is 12.0. The molecule has 0 radical (unpaired) electrons. The summed E-state index contributed by atoms with van der Waals surface area (Å²) in [5.74, 6) is -0.538. The van der Waals surface area contributed by atoms with Crippen molar-refractivity contribution in [3.05, 3.63) is 29.8 Å². The smallest absolute Gasteiger partial charge is 0.331 e. The Morgan fingerprint density at radius 2 is 1.92 bits per heavy atom. The van der Waals surface area contributed by atoms with Crippen molar-refractivity contribution in [3.63, 3.8) is 0 Å². The molecule has 0 unspecified atom stereocenters. The van der Waals surface area contributed by atoms with Gasteiger partial charge in [0.15, 0.2) is 6.61 Å². The Kier molecular flexibility index (Phi) is 6.36. The van der Waals surface area contributed by atoms with Crippen molar-refractivity contribution in [2.45, 2.75) is 38.1 Å². The summed E-state index contributed by atoms with van der Waals surface area (Å²) in [6, 6.07) is 5.40. The van der Waals surface area contributed by atoms with E-state index in [1.807, 2.05) is 13.8 Å². The molecule has 1 aromatic carbocycles. The molecule has 1 amide bonds. The zero-order valence-electron chi connectivity index (χ0n) is 15.0. The summed E-state index contributed by atoms with van der Waals surface area (Å²) >= 11 is 0.